The van der Waals surface area contributed by atoms with Gasteiger partial charge in [0, 0.05) is 11.8 Å². The summed E-state index contributed by atoms with van der Waals surface area (Å²) in [6.45, 7) is 17.6. The molecule has 0 N–H and O–H groups in total. The van der Waals surface area contributed by atoms with E-state index in [0.717, 1.165) is 0 Å². The van der Waals surface area contributed by atoms with Gasteiger partial charge in [-0.3, -0.25) is 0 Å². The number of rotatable bonds is 2. The maximum absolute atomic E-state index is 6.35. The van der Waals surface area contributed by atoms with Crippen LogP contribution in [0.5, 0.6) is 0 Å². The summed E-state index contributed by atoms with van der Waals surface area (Å²) < 4.78 is 18.6. The maximum atomic E-state index is 6.35. The molecule has 0 aromatic heterocycles. The van der Waals surface area contributed by atoms with Crippen LogP contribution in [0, 0.1) is 29.6 Å². The predicted octanol–water partition coefficient (Wildman–Crippen LogP) is 4.06. The molecule has 0 aliphatic carbocycles. The van der Waals surface area contributed by atoms with Gasteiger partial charge < -0.3 is 14.2 Å². The molecule has 0 bridgehead atoms. The van der Waals surface area contributed by atoms with Crippen LogP contribution in [-0.2, 0) is 14.2 Å². The van der Waals surface area contributed by atoms with E-state index in [1.165, 1.54) is 0 Å². The van der Waals surface area contributed by atoms with Crippen LogP contribution in [0.1, 0.15) is 55.4 Å². The largest absolute Gasteiger partial charge is 0.349 e. The molecule has 20 heavy (non-hydrogen) atoms. The fraction of sp³-hybridized carbons (Fsp3) is 1.00. The highest BCUT2D eigenvalue weighted by Gasteiger charge is 2.50. The molecule has 0 saturated carbocycles. The molecule has 0 aromatic rings. The smallest absolute Gasteiger partial charge is 0.171 e. The van der Waals surface area contributed by atoms with E-state index in [-0.39, 0.29) is 18.5 Å². The van der Waals surface area contributed by atoms with Gasteiger partial charge in [0.1, 0.15) is 0 Å². The van der Waals surface area contributed by atoms with Crippen LogP contribution in [0.25, 0.3) is 0 Å². The molecule has 0 unspecified atom stereocenters. The average molecular weight is 284 g/mol. The first-order valence-electron chi connectivity index (χ1n) is 8.18. The Morgan fingerprint density at radius 3 is 1.85 bits per heavy atom. The van der Waals surface area contributed by atoms with Crippen LogP contribution in [0.3, 0.4) is 0 Å². The Morgan fingerprint density at radius 1 is 0.750 bits per heavy atom. The minimum Gasteiger partial charge on any atom is -0.349 e. The van der Waals surface area contributed by atoms with Crippen LogP contribution in [0.15, 0.2) is 0 Å². The number of hydrogen-bond acceptors (Lipinski definition) is 3. The van der Waals surface area contributed by atoms with Crippen molar-refractivity contribution in [3.05, 3.63) is 0 Å². The standard InChI is InChI=1S/C17H32O3/c1-9-10(2)14(6)18-16(11(9)3)20-17(8)13(5)12(4)15(7)19-17/h9-16H,1-8H3/t9-,10-,11+,12-,13-,14+,15+,16+,17-/m0/s1. The fourth-order valence-corrected chi connectivity index (χ4v) is 3.58. The highest BCUT2D eigenvalue weighted by molar-refractivity contribution is 4.89. The van der Waals surface area contributed by atoms with Crippen molar-refractivity contribution in [1.29, 1.82) is 0 Å². The van der Waals surface area contributed by atoms with E-state index in [1.54, 1.807) is 0 Å². The Morgan fingerprint density at radius 2 is 1.35 bits per heavy atom. The third-order valence-electron chi connectivity index (χ3n) is 6.30. The molecule has 3 heteroatoms. The van der Waals surface area contributed by atoms with Gasteiger partial charge >= 0.3 is 0 Å². The van der Waals surface area contributed by atoms with E-state index < -0.39 is 5.79 Å². The lowest BCUT2D eigenvalue weighted by Crippen LogP contribution is -2.49. The van der Waals surface area contributed by atoms with E-state index in [2.05, 4.69) is 55.4 Å². The second-order valence-corrected chi connectivity index (χ2v) is 7.39. The first-order valence-corrected chi connectivity index (χ1v) is 8.18. The molecule has 9 atom stereocenters. The van der Waals surface area contributed by atoms with Gasteiger partial charge in [-0.25, -0.2) is 0 Å². The lowest BCUT2D eigenvalue weighted by atomic mass is 9.79. The second-order valence-electron chi connectivity index (χ2n) is 7.39. The van der Waals surface area contributed by atoms with Crippen molar-refractivity contribution < 1.29 is 14.2 Å². The molecule has 0 radical (unpaired) electrons. The third kappa shape index (κ3) is 2.65. The summed E-state index contributed by atoms with van der Waals surface area (Å²) in [6, 6.07) is 0. The zero-order valence-corrected chi connectivity index (χ0v) is 14.3. The molecule has 2 aliphatic rings. The van der Waals surface area contributed by atoms with Crippen molar-refractivity contribution >= 4 is 0 Å². The summed E-state index contributed by atoms with van der Waals surface area (Å²) >= 11 is 0. The highest BCUT2D eigenvalue weighted by atomic mass is 16.8. The Kier molecular flexibility index (Phi) is 4.54. The molecule has 0 amide bonds. The number of ether oxygens (including phenoxy) is 3. The Bertz CT molecular complexity index is 345. The second kappa shape index (κ2) is 5.58. The molecule has 2 aliphatic heterocycles. The SMILES string of the molecule is C[C@@H]1[C@@H](C)[C@@H](O[C@]2(C)O[C@H](C)[C@@H](C)[C@@H]2C)O[C@H](C)[C@H]1C. The quantitative estimate of drug-likeness (QED) is 0.765. The van der Waals surface area contributed by atoms with Gasteiger partial charge in [-0.2, -0.15) is 0 Å². The van der Waals surface area contributed by atoms with Crippen LogP contribution >= 0.6 is 0 Å². The van der Waals surface area contributed by atoms with Gasteiger partial charge in [0.05, 0.1) is 12.2 Å². The molecule has 2 rings (SSSR count). The van der Waals surface area contributed by atoms with Crippen molar-refractivity contribution in [1.82, 2.24) is 0 Å². The zero-order chi connectivity index (χ0) is 15.2. The molecule has 2 saturated heterocycles. The predicted molar refractivity (Wildman–Crippen MR) is 80.2 cm³/mol. The summed E-state index contributed by atoms with van der Waals surface area (Å²) in [4.78, 5) is 0. The van der Waals surface area contributed by atoms with Crippen molar-refractivity contribution in [2.75, 3.05) is 0 Å². The molecule has 0 aromatic carbocycles. The average Bonchev–Trinajstić information content (AvgIpc) is 2.57. The first-order chi connectivity index (χ1) is 9.17. The van der Waals surface area contributed by atoms with E-state index in [1.807, 2.05) is 0 Å². The topological polar surface area (TPSA) is 27.7 Å². The molecular weight excluding hydrogens is 252 g/mol. The molecule has 0 spiro atoms. The lowest BCUT2D eigenvalue weighted by molar-refractivity contribution is -0.343. The normalized spacial score (nSPS) is 57.0. The summed E-state index contributed by atoms with van der Waals surface area (Å²) in [7, 11) is 0. The van der Waals surface area contributed by atoms with Gasteiger partial charge in [0.25, 0.3) is 0 Å². The van der Waals surface area contributed by atoms with Gasteiger partial charge in [-0.05, 0) is 38.5 Å². The molecule has 2 heterocycles. The summed E-state index contributed by atoms with van der Waals surface area (Å²) in [5, 5.41) is 0. The minimum absolute atomic E-state index is 0.166. The van der Waals surface area contributed by atoms with Crippen LogP contribution in [-0.4, -0.2) is 24.3 Å². The summed E-state index contributed by atoms with van der Waals surface area (Å²) in [5.41, 5.74) is 0. The van der Waals surface area contributed by atoms with E-state index in [0.29, 0.717) is 29.6 Å². The van der Waals surface area contributed by atoms with Crippen molar-refractivity contribution in [3.63, 3.8) is 0 Å². The Hall–Kier alpha value is -0.120. The van der Waals surface area contributed by atoms with Crippen molar-refractivity contribution in [2.24, 2.45) is 29.6 Å². The van der Waals surface area contributed by atoms with Gasteiger partial charge in [0.2, 0.25) is 0 Å². The molecular formula is C17H32O3. The monoisotopic (exact) mass is 284 g/mol. The van der Waals surface area contributed by atoms with Crippen molar-refractivity contribution in [2.45, 2.75) is 79.7 Å². The lowest BCUT2D eigenvalue weighted by Gasteiger charge is -2.45. The summed E-state index contributed by atoms with van der Waals surface area (Å²) in [5.74, 6) is 1.90. The van der Waals surface area contributed by atoms with E-state index in [4.69, 9.17) is 14.2 Å². The van der Waals surface area contributed by atoms with Crippen LogP contribution in [0.4, 0.5) is 0 Å². The van der Waals surface area contributed by atoms with E-state index in [9.17, 15) is 0 Å². The molecule has 3 nitrogen and oxygen atoms in total. The van der Waals surface area contributed by atoms with Crippen LogP contribution < -0.4 is 0 Å². The number of hydrogen-bond donors (Lipinski definition) is 0. The fourth-order valence-electron chi connectivity index (χ4n) is 3.58. The summed E-state index contributed by atoms with van der Waals surface area (Å²) in [6.07, 6.45) is 0.310. The molecule has 2 fully saturated rings. The third-order valence-corrected chi connectivity index (χ3v) is 6.30. The van der Waals surface area contributed by atoms with Gasteiger partial charge in [-0.15, -0.1) is 0 Å². The zero-order valence-electron chi connectivity index (χ0n) is 14.3. The minimum atomic E-state index is -0.530. The Labute approximate surface area is 124 Å². The molecule has 118 valence electrons. The van der Waals surface area contributed by atoms with Crippen LogP contribution in [0.2, 0.25) is 0 Å². The van der Waals surface area contributed by atoms with Gasteiger partial charge in [0.15, 0.2) is 12.1 Å². The van der Waals surface area contributed by atoms with E-state index >= 15 is 0 Å². The first kappa shape index (κ1) is 16.3. The highest BCUT2D eigenvalue weighted by Crippen LogP contribution is 2.44. The van der Waals surface area contributed by atoms with Gasteiger partial charge in [-0.1, -0.05) is 34.6 Å². The van der Waals surface area contributed by atoms with Crippen molar-refractivity contribution in [3.8, 4) is 0 Å². The Balaban J connectivity index is 2.09. The maximum Gasteiger partial charge on any atom is 0.171 e.